The number of fused-ring (bicyclic) bond motifs is 1. The van der Waals surface area contributed by atoms with Gasteiger partial charge in [0.05, 0.1) is 11.1 Å². The Morgan fingerprint density at radius 3 is 2.30 bits per heavy atom. The lowest BCUT2D eigenvalue weighted by Crippen LogP contribution is -2.24. The summed E-state index contributed by atoms with van der Waals surface area (Å²) in [7, 11) is 1.43. The quantitative estimate of drug-likeness (QED) is 0.887. The third-order valence-electron chi connectivity index (χ3n) is 3.97. The van der Waals surface area contributed by atoms with Gasteiger partial charge in [-0.05, 0) is 42.3 Å². The summed E-state index contributed by atoms with van der Waals surface area (Å²) in [6, 6.07) is 12.1. The van der Waals surface area contributed by atoms with Gasteiger partial charge in [-0.1, -0.05) is 19.1 Å². The molecule has 1 aliphatic rings. The number of nitrogens with zero attached hydrogens (tertiary/aromatic N) is 1. The Hall–Kier alpha value is -2.95. The van der Waals surface area contributed by atoms with E-state index in [2.05, 4.69) is 12.2 Å². The smallest absolute Gasteiger partial charge is 0.261 e. The van der Waals surface area contributed by atoms with Crippen LogP contribution in [0, 0.1) is 0 Å². The third-order valence-corrected chi connectivity index (χ3v) is 3.97. The number of carbonyl (C=O) groups excluding carboxylic acids is 3. The standard InChI is InChI=1S/C18H16N2O3/c1-3-11-4-7-13(8-5-11)19-16(21)12-6-9-14-15(10-12)18(23)20(2)17(14)22/h4-10H,3H2,1-2H3,(H,19,21). The monoisotopic (exact) mass is 308 g/mol. The summed E-state index contributed by atoms with van der Waals surface area (Å²) in [4.78, 5) is 37.2. The summed E-state index contributed by atoms with van der Waals surface area (Å²) in [6.45, 7) is 2.06. The van der Waals surface area contributed by atoms with E-state index in [1.54, 1.807) is 6.07 Å². The van der Waals surface area contributed by atoms with Crippen molar-refractivity contribution in [2.75, 3.05) is 12.4 Å². The number of nitrogens with one attached hydrogen (secondary N) is 1. The maximum Gasteiger partial charge on any atom is 0.261 e. The first-order valence-electron chi connectivity index (χ1n) is 7.38. The molecule has 116 valence electrons. The first-order chi connectivity index (χ1) is 11.0. The van der Waals surface area contributed by atoms with E-state index in [4.69, 9.17) is 0 Å². The summed E-state index contributed by atoms with van der Waals surface area (Å²) in [5, 5.41) is 2.79. The first-order valence-corrected chi connectivity index (χ1v) is 7.38. The van der Waals surface area contributed by atoms with E-state index in [0.717, 1.165) is 11.3 Å². The van der Waals surface area contributed by atoms with Crippen molar-refractivity contribution in [3.63, 3.8) is 0 Å². The molecule has 1 aliphatic heterocycles. The molecular weight excluding hydrogens is 292 g/mol. The van der Waals surface area contributed by atoms with E-state index in [1.165, 1.54) is 24.7 Å². The predicted molar refractivity (Wildman–Crippen MR) is 86.6 cm³/mol. The minimum Gasteiger partial charge on any atom is -0.322 e. The lowest BCUT2D eigenvalue weighted by Gasteiger charge is -2.07. The largest absolute Gasteiger partial charge is 0.322 e. The van der Waals surface area contributed by atoms with Crippen molar-refractivity contribution in [1.29, 1.82) is 0 Å². The fraction of sp³-hybridized carbons (Fsp3) is 0.167. The number of anilines is 1. The summed E-state index contributed by atoms with van der Waals surface area (Å²) < 4.78 is 0. The Labute approximate surface area is 133 Å². The van der Waals surface area contributed by atoms with Crippen LogP contribution in [-0.2, 0) is 6.42 Å². The van der Waals surface area contributed by atoms with Crippen molar-refractivity contribution in [3.8, 4) is 0 Å². The highest BCUT2D eigenvalue weighted by Gasteiger charge is 2.33. The second-order valence-corrected chi connectivity index (χ2v) is 5.43. The van der Waals surface area contributed by atoms with Crippen LogP contribution < -0.4 is 5.32 Å². The van der Waals surface area contributed by atoms with E-state index < -0.39 is 0 Å². The Kier molecular flexibility index (Phi) is 3.70. The van der Waals surface area contributed by atoms with Crippen molar-refractivity contribution in [2.45, 2.75) is 13.3 Å². The lowest BCUT2D eigenvalue weighted by molar-refractivity contribution is 0.0693. The van der Waals surface area contributed by atoms with Gasteiger partial charge in [0, 0.05) is 18.3 Å². The molecule has 23 heavy (non-hydrogen) atoms. The molecule has 0 atom stereocenters. The average molecular weight is 308 g/mol. The molecule has 0 aliphatic carbocycles. The molecule has 0 bridgehead atoms. The molecule has 0 spiro atoms. The normalized spacial score (nSPS) is 13.2. The topological polar surface area (TPSA) is 66.5 Å². The molecule has 0 unspecified atom stereocenters. The number of benzene rings is 2. The molecule has 0 aromatic heterocycles. The summed E-state index contributed by atoms with van der Waals surface area (Å²) in [5.41, 5.74) is 2.83. The summed E-state index contributed by atoms with van der Waals surface area (Å²) in [6.07, 6.45) is 0.933. The number of carbonyl (C=O) groups is 3. The van der Waals surface area contributed by atoms with E-state index in [-0.39, 0.29) is 23.3 Å². The zero-order valence-electron chi connectivity index (χ0n) is 12.9. The SMILES string of the molecule is CCc1ccc(NC(=O)c2ccc3c(c2)C(=O)N(C)C3=O)cc1. The van der Waals surface area contributed by atoms with E-state index >= 15 is 0 Å². The van der Waals surface area contributed by atoms with Crippen molar-refractivity contribution >= 4 is 23.4 Å². The minimum absolute atomic E-state index is 0.270. The highest BCUT2D eigenvalue weighted by molar-refractivity contribution is 6.22. The Morgan fingerprint density at radius 1 is 1.00 bits per heavy atom. The average Bonchev–Trinajstić information content (AvgIpc) is 2.79. The molecule has 2 aromatic carbocycles. The molecule has 0 radical (unpaired) electrons. The van der Waals surface area contributed by atoms with Crippen LogP contribution in [0.5, 0.6) is 0 Å². The zero-order chi connectivity index (χ0) is 16.6. The third kappa shape index (κ3) is 2.61. The van der Waals surface area contributed by atoms with Gasteiger partial charge in [-0.3, -0.25) is 19.3 Å². The highest BCUT2D eigenvalue weighted by Crippen LogP contribution is 2.23. The van der Waals surface area contributed by atoms with Gasteiger partial charge >= 0.3 is 0 Å². The van der Waals surface area contributed by atoms with Gasteiger partial charge in [-0.2, -0.15) is 0 Å². The van der Waals surface area contributed by atoms with Gasteiger partial charge < -0.3 is 5.32 Å². The van der Waals surface area contributed by atoms with Gasteiger partial charge in [-0.15, -0.1) is 0 Å². The van der Waals surface area contributed by atoms with Crippen LogP contribution in [0.1, 0.15) is 43.6 Å². The molecule has 0 saturated carbocycles. The van der Waals surface area contributed by atoms with Crippen LogP contribution in [0.2, 0.25) is 0 Å². The molecule has 0 saturated heterocycles. The maximum absolute atomic E-state index is 12.3. The minimum atomic E-state index is -0.382. The van der Waals surface area contributed by atoms with Gasteiger partial charge in [0.2, 0.25) is 0 Å². The molecule has 5 nitrogen and oxygen atoms in total. The zero-order valence-corrected chi connectivity index (χ0v) is 12.9. The van der Waals surface area contributed by atoms with Crippen LogP contribution in [0.15, 0.2) is 42.5 Å². The molecule has 3 rings (SSSR count). The molecular formula is C18H16N2O3. The van der Waals surface area contributed by atoms with E-state index in [0.29, 0.717) is 16.8 Å². The number of imide groups is 1. The second kappa shape index (κ2) is 5.68. The van der Waals surface area contributed by atoms with E-state index in [1.807, 2.05) is 24.3 Å². The Bertz CT molecular complexity index is 810. The Morgan fingerprint density at radius 2 is 1.65 bits per heavy atom. The lowest BCUT2D eigenvalue weighted by atomic mass is 10.1. The number of hydrogen-bond donors (Lipinski definition) is 1. The number of rotatable bonds is 3. The fourth-order valence-corrected chi connectivity index (χ4v) is 2.53. The number of hydrogen-bond acceptors (Lipinski definition) is 3. The second-order valence-electron chi connectivity index (χ2n) is 5.43. The van der Waals surface area contributed by atoms with Crippen molar-refractivity contribution < 1.29 is 14.4 Å². The molecule has 0 fully saturated rings. The van der Waals surface area contributed by atoms with Crippen molar-refractivity contribution in [2.24, 2.45) is 0 Å². The molecule has 3 amide bonds. The molecule has 1 N–H and O–H groups in total. The van der Waals surface area contributed by atoms with Crippen molar-refractivity contribution in [3.05, 3.63) is 64.7 Å². The van der Waals surface area contributed by atoms with Gasteiger partial charge in [0.25, 0.3) is 17.7 Å². The molecule has 1 heterocycles. The predicted octanol–water partition coefficient (Wildman–Crippen LogP) is 2.73. The van der Waals surface area contributed by atoms with Crippen LogP contribution in [0.25, 0.3) is 0 Å². The molecule has 2 aromatic rings. The number of amides is 3. The van der Waals surface area contributed by atoms with E-state index in [9.17, 15) is 14.4 Å². The van der Waals surface area contributed by atoms with Crippen LogP contribution >= 0.6 is 0 Å². The summed E-state index contributed by atoms with van der Waals surface area (Å²) >= 11 is 0. The van der Waals surface area contributed by atoms with Crippen molar-refractivity contribution in [1.82, 2.24) is 4.90 Å². The first kappa shape index (κ1) is 15.0. The van der Waals surface area contributed by atoms with Crippen LogP contribution in [0.3, 0.4) is 0 Å². The van der Waals surface area contributed by atoms with Gasteiger partial charge in [0.1, 0.15) is 0 Å². The fourth-order valence-electron chi connectivity index (χ4n) is 2.53. The van der Waals surface area contributed by atoms with Crippen LogP contribution in [0.4, 0.5) is 5.69 Å². The Balaban J connectivity index is 1.83. The van der Waals surface area contributed by atoms with Crippen LogP contribution in [-0.4, -0.2) is 29.7 Å². The maximum atomic E-state index is 12.3. The molecule has 5 heteroatoms. The summed E-state index contributed by atoms with van der Waals surface area (Å²) in [5.74, 6) is -1.04. The van der Waals surface area contributed by atoms with Gasteiger partial charge in [-0.25, -0.2) is 0 Å². The number of aryl methyl sites for hydroxylation is 1. The van der Waals surface area contributed by atoms with Gasteiger partial charge in [0.15, 0.2) is 0 Å². The highest BCUT2D eigenvalue weighted by atomic mass is 16.2.